The average molecular weight is 243 g/mol. The molecule has 0 aromatic heterocycles. The fourth-order valence-electron chi connectivity index (χ4n) is 0.808. The van der Waals surface area contributed by atoms with Gasteiger partial charge >= 0.3 is 0 Å². The highest BCUT2D eigenvalue weighted by Gasteiger charge is 2.01. The molecule has 0 spiro atoms. The number of aromatic hydroxyl groups is 1. The van der Waals surface area contributed by atoms with Crippen LogP contribution in [0.2, 0.25) is 0 Å². The molecule has 0 aliphatic carbocycles. The molecule has 2 nitrogen and oxygen atoms in total. The Labute approximate surface area is 86.0 Å². The quantitative estimate of drug-likeness (QED) is 0.826. The number of halogens is 1. The summed E-state index contributed by atoms with van der Waals surface area (Å²) in [6, 6.07) is 4.88. The molecular weight excluding hydrogens is 232 g/mol. The molecule has 0 radical (unpaired) electrons. The fourth-order valence-corrected chi connectivity index (χ4v) is 1.29. The van der Waals surface area contributed by atoms with E-state index >= 15 is 0 Å². The molecule has 0 fully saturated rings. The Bertz CT molecular complexity index is 321. The Hall–Kier alpha value is -0.960. The van der Waals surface area contributed by atoms with E-state index in [1.807, 2.05) is 6.92 Å². The van der Waals surface area contributed by atoms with Gasteiger partial charge in [-0.2, -0.15) is 0 Å². The standard InChI is InChI=1S/C10H11BrO2/c1-7(2)6-13-10-4-3-8(12)5-9(10)11/h3-5,12H,1,6H2,2H3. The molecule has 1 N–H and O–H groups in total. The van der Waals surface area contributed by atoms with Crippen molar-refractivity contribution in [1.29, 1.82) is 0 Å². The van der Waals surface area contributed by atoms with Crippen LogP contribution in [0.15, 0.2) is 34.8 Å². The summed E-state index contributed by atoms with van der Waals surface area (Å²) in [6.45, 7) is 6.11. The topological polar surface area (TPSA) is 29.5 Å². The lowest BCUT2D eigenvalue weighted by Crippen LogP contribution is -1.97. The van der Waals surface area contributed by atoms with Crippen LogP contribution in [0.3, 0.4) is 0 Å². The summed E-state index contributed by atoms with van der Waals surface area (Å²) in [5.41, 5.74) is 0.958. The SMILES string of the molecule is C=C(C)COc1ccc(O)cc1Br. The summed E-state index contributed by atoms with van der Waals surface area (Å²) in [7, 11) is 0. The highest BCUT2D eigenvalue weighted by Crippen LogP contribution is 2.28. The molecule has 0 atom stereocenters. The van der Waals surface area contributed by atoms with Gasteiger partial charge in [0.25, 0.3) is 0 Å². The lowest BCUT2D eigenvalue weighted by molar-refractivity contribution is 0.349. The van der Waals surface area contributed by atoms with Crippen LogP contribution in [0, 0.1) is 0 Å². The first-order valence-electron chi connectivity index (χ1n) is 3.85. The minimum absolute atomic E-state index is 0.217. The van der Waals surface area contributed by atoms with Crippen molar-refractivity contribution in [2.75, 3.05) is 6.61 Å². The summed E-state index contributed by atoms with van der Waals surface area (Å²) < 4.78 is 6.14. The molecule has 0 saturated heterocycles. The van der Waals surface area contributed by atoms with E-state index in [9.17, 15) is 0 Å². The van der Waals surface area contributed by atoms with Crippen LogP contribution >= 0.6 is 15.9 Å². The highest BCUT2D eigenvalue weighted by molar-refractivity contribution is 9.10. The smallest absolute Gasteiger partial charge is 0.134 e. The van der Waals surface area contributed by atoms with Gasteiger partial charge in [-0.15, -0.1) is 0 Å². The summed E-state index contributed by atoms with van der Waals surface area (Å²) in [4.78, 5) is 0. The zero-order valence-electron chi connectivity index (χ0n) is 7.38. The molecular formula is C10H11BrO2. The second-order valence-electron chi connectivity index (χ2n) is 2.86. The van der Waals surface area contributed by atoms with E-state index in [-0.39, 0.29) is 5.75 Å². The summed E-state index contributed by atoms with van der Waals surface area (Å²) in [5.74, 6) is 0.926. The first kappa shape index (κ1) is 10.1. The van der Waals surface area contributed by atoms with Gasteiger partial charge in [0, 0.05) is 0 Å². The molecule has 1 aromatic rings. The maximum atomic E-state index is 9.11. The van der Waals surface area contributed by atoms with Gasteiger partial charge in [-0.3, -0.25) is 0 Å². The third-order valence-electron chi connectivity index (χ3n) is 1.39. The lowest BCUT2D eigenvalue weighted by Gasteiger charge is -2.07. The second-order valence-corrected chi connectivity index (χ2v) is 3.71. The van der Waals surface area contributed by atoms with Gasteiger partial charge < -0.3 is 9.84 Å². The highest BCUT2D eigenvalue weighted by atomic mass is 79.9. The number of ether oxygens (including phenoxy) is 1. The van der Waals surface area contributed by atoms with E-state index in [1.165, 1.54) is 0 Å². The average Bonchev–Trinajstić information content (AvgIpc) is 2.02. The molecule has 0 aliphatic heterocycles. The van der Waals surface area contributed by atoms with E-state index in [0.717, 1.165) is 10.0 Å². The van der Waals surface area contributed by atoms with Crippen LogP contribution in [0.1, 0.15) is 6.92 Å². The second kappa shape index (κ2) is 4.33. The van der Waals surface area contributed by atoms with Gasteiger partial charge in [-0.25, -0.2) is 0 Å². The molecule has 0 saturated carbocycles. The maximum absolute atomic E-state index is 9.11. The van der Waals surface area contributed by atoms with Crippen LogP contribution < -0.4 is 4.74 Å². The van der Waals surface area contributed by atoms with Gasteiger partial charge in [0.1, 0.15) is 18.1 Å². The van der Waals surface area contributed by atoms with Crippen LogP contribution in [-0.2, 0) is 0 Å². The molecule has 0 unspecified atom stereocenters. The maximum Gasteiger partial charge on any atom is 0.134 e. The molecule has 1 rings (SSSR count). The van der Waals surface area contributed by atoms with Crippen molar-refractivity contribution in [1.82, 2.24) is 0 Å². The first-order chi connectivity index (χ1) is 6.09. The fraction of sp³-hybridized carbons (Fsp3) is 0.200. The number of phenols is 1. The largest absolute Gasteiger partial charge is 0.508 e. The predicted octanol–water partition coefficient (Wildman–Crippen LogP) is 3.11. The normalized spacial score (nSPS) is 9.69. The van der Waals surface area contributed by atoms with Crippen molar-refractivity contribution in [2.45, 2.75) is 6.92 Å². The molecule has 0 heterocycles. The predicted molar refractivity (Wildman–Crippen MR) is 56.1 cm³/mol. The van der Waals surface area contributed by atoms with Gasteiger partial charge in [-0.05, 0) is 46.6 Å². The minimum Gasteiger partial charge on any atom is -0.508 e. The molecule has 0 amide bonds. The van der Waals surface area contributed by atoms with Gasteiger partial charge in [-0.1, -0.05) is 6.58 Å². The van der Waals surface area contributed by atoms with Crippen LogP contribution in [0.4, 0.5) is 0 Å². The Morgan fingerprint density at radius 2 is 2.31 bits per heavy atom. The third-order valence-corrected chi connectivity index (χ3v) is 2.01. The molecule has 70 valence electrons. The number of hydrogen-bond donors (Lipinski definition) is 1. The molecule has 13 heavy (non-hydrogen) atoms. The Morgan fingerprint density at radius 3 is 2.85 bits per heavy atom. The number of benzene rings is 1. The lowest BCUT2D eigenvalue weighted by atomic mass is 10.3. The van der Waals surface area contributed by atoms with Gasteiger partial charge in [0.15, 0.2) is 0 Å². The van der Waals surface area contributed by atoms with Crippen molar-refractivity contribution >= 4 is 15.9 Å². The summed E-state index contributed by atoms with van der Waals surface area (Å²) in [6.07, 6.45) is 0. The minimum atomic E-state index is 0.217. The monoisotopic (exact) mass is 242 g/mol. The third kappa shape index (κ3) is 3.11. The Balaban J connectivity index is 2.72. The van der Waals surface area contributed by atoms with E-state index < -0.39 is 0 Å². The summed E-state index contributed by atoms with van der Waals surface area (Å²) in [5, 5.41) is 9.11. The van der Waals surface area contributed by atoms with E-state index in [4.69, 9.17) is 9.84 Å². The zero-order valence-corrected chi connectivity index (χ0v) is 8.97. The molecule has 1 aromatic carbocycles. The molecule has 3 heteroatoms. The molecule has 0 aliphatic rings. The number of phenolic OH excluding ortho intramolecular Hbond substituents is 1. The van der Waals surface area contributed by atoms with Crippen LogP contribution in [0.5, 0.6) is 11.5 Å². The van der Waals surface area contributed by atoms with Crippen LogP contribution in [-0.4, -0.2) is 11.7 Å². The van der Waals surface area contributed by atoms with Crippen molar-refractivity contribution in [2.24, 2.45) is 0 Å². The zero-order chi connectivity index (χ0) is 9.84. The van der Waals surface area contributed by atoms with Crippen LogP contribution in [0.25, 0.3) is 0 Å². The number of hydrogen-bond acceptors (Lipinski definition) is 2. The van der Waals surface area contributed by atoms with Gasteiger partial charge in [0.05, 0.1) is 4.47 Å². The van der Waals surface area contributed by atoms with E-state index in [2.05, 4.69) is 22.5 Å². The van der Waals surface area contributed by atoms with E-state index in [1.54, 1.807) is 18.2 Å². The summed E-state index contributed by atoms with van der Waals surface area (Å²) >= 11 is 3.28. The molecule has 0 bridgehead atoms. The Morgan fingerprint density at radius 1 is 1.62 bits per heavy atom. The van der Waals surface area contributed by atoms with E-state index in [0.29, 0.717) is 12.4 Å². The number of rotatable bonds is 3. The van der Waals surface area contributed by atoms with Gasteiger partial charge in [0.2, 0.25) is 0 Å². The van der Waals surface area contributed by atoms with Crippen molar-refractivity contribution in [3.05, 3.63) is 34.8 Å². The van der Waals surface area contributed by atoms with Crippen molar-refractivity contribution < 1.29 is 9.84 Å². The van der Waals surface area contributed by atoms with Crippen molar-refractivity contribution in [3.8, 4) is 11.5 Å². The Kier molecular flexibility index (Phi) is 3.37. The first-order valence-corrected chi connectivity index (χ1v) is 4.64. The van der Waals surface area contributed by atoms with Crippen molar-refractivity contribution in [3.63, 3.8) is 0 Å².